The van der Waals surface area contributed by atoms with Crippen molar-refractivity contribution in [1.82, 2.24) is 0 Å². The van der Waals surface area contributed by atoms with Crippen LogP contribution in [0.15, 0.2) is 11.6 Å². The van der Waals surface area contributed by atoms with Gasteiger partial charge in [-0.25, -0.2) is 0 Å². The molecule has 3 aliphatic carbocycles. The van der Waals surface area contributed by atoms with Gasteiger partial charge in [0.05, 0.1) is 19.6 Å². The highest BCUT2D eigenvalue weighted by atomic mass is 16.7. The summed E-state index contributed by atoms with van der Waals surface area (Å²) >= 11 is 0. The van der Waals surface area contributed by atoms with Gasteiger partial charge < -0.3 is 29.5 Å². The van der Waals surface area contributed by atoms with Crippen LogP contribution in [0, 0.1) is 28.6 Å². The minimum absolute atomic E-state index is 0.0586. The Morgan fingerprint density at radius 2 is 1.89 bits per heavy atom. The summed E-state index contributed by atoms with van der Waals surface area (Å²) in [6.45, 7) is 3.94. The fraction of sp³-hybridized carbons (Fsp3) is 0.800. The van der Waals surface area contributed by atoms with E-state index in [2.05, 4.69) is 0 Å². The van der Waals surface area contributed by atoms with E-state index in [4.69, 9.17) is 14.2 Å². The van der Waals surface area contributed by atoms with Gasteiger partial charge in [0.25, 0.3) is 0 Å². The van der Waals surface area contributed by atoms with E-state index in [0.717, 1.165) is 5.57 Å². The van der Waals surface area contributed by atoms with Crippen molar-refractivity contribution in [3.05, 3.63) is 11.6 Å². The minimum atomic E-state index is -1.98. The van der Waals surface area contributed by atoms with Gasteiger partial charge in [0.15, 0.2) is 11.6 Å². The third-order valence-corrected chi connectivity index (χ3v) is 8.92. The largest absolute Gasteiger partial charge is 0.462 e. The molecule has 152 valence electrons. The molecule has 6 aliphatic rings. The number of aliphatic hydroxyl groups is 3. The van der Waals surface area contributed by atoms with Crippen molar-refractivity contribution in [2.24, 2.45) is 28.6 Å². The Kier molecular flexibility index (Phi) is 2.94. The second kappa shape index (κ2) is 4.70. The Bertz CT molecular complexity index is 847. The molecular weight excluding hydrogens is 368 g/mol. The lowest BCUT2D eigenvalue weighted by Gasteiger charge is -2.67. The van der Waals surface area contributed by atoms with Crippen molar-refractivity contribution in [3.63, 3.8) is 0 Å². The number of hydrogen-bond donors (Lipinski definition) is 3. The molecule has 10 atom stereocenters. The van der Waals surface area contributed by atoms with E-state index >= 15 is 0 Å². The van der Waals surface area contributed by atoms with Crippen molar-refractivity contribution in [2.45, 2.75) is 56.4 Å². The molecule has 2 saturated carbocycles. The Hall–Kier alpha value is -1.32. The first-order valence-electron chi connectivity index (χ1n) is 9.90. The van der Waals surface area contributed by atoms with E-state index < -0.39 is 58.1 Å². The molecule has 5 fully saturated rings. The summed E-state index contributed by atoms with van der Waals surface area (Å²) in [6.07, 6.45) is -1.31. The fourth-order valence-electron chi connectivity index (χ4n) is 7.81. The first kappa shape index (κ1) is 17.5. The summed E-state index contributed by atoms with van der Waals surface area (Å²) < 4.78 is 17.4. The number of carbonyl (C=O) groups is 2. The molecule has 0 radical (unpaired) electrons. The highest BCUT2D eigenvalue weighted by molar-refractivity contribution is 5.96. The summed E-state index contributed by atoms with van der Waals surface area (Å²) in [7, 11) is 0. The Balaban J connectivity index is 1.63. The molecule has 3 heterocycles. The van der Waals surface area contributed by atoms with E-state index in [0.29, 0.717) is 6.42 Å². The van der Waals surface area contributed by atoms with Gasteiger partial charge in [-0.2, -0.15) is 0 Å². The van der Waals surface area contributed by atoms with Crippen LogP contribution in [0.2, 0.25) is 0 Å². The van der Waals surface area contributed by atoms with Crippen molar-refractivity contribution in [1.29, 1.82) is 0 Å². The molecule has 2 spiro atoms. The van der Waals surface area contributed by atoms with E-state index in [9.17, 15) is 24.9 Å². The van der Waals surface area contributed by atoms with E-state index in [-0.39, 0.29) is 31.5 Å². The lowest BCUT2D eigenvalue weighted by atomic mass is 9.38. The molecule has 8 heteroatoms. The topological polar surface area (TPSA) is 126 Å². The third kappa shape index (κ3) is 1.54. The fourth-order valence-corrected chi connectivity index (χ4v) is 7.81. The summed E-state index contributed by atoms with van der Waals surface area (Å²) in [4.78, 5) is 25.0. The molecule has 3 N–H and O–H groups in total. The molecule has 0 aromatic carbocycles. The summed E-state index contributed by atoms with van der Waals surface area (Å²) in [5.41, 5.74) is -2.14. The van der Waals surface area contributed by atoms with E-state index in [1.54, 1.807) is 6.92 Å². The highest BCUT2D eigenvalue weighted by Gasteiger charge is 2.87. The van der Waals surface area contributed by atoms with Crippen LogP contribution in [-0.4, -0.2) is 70.0 Å². The maximum absolute atomic E-state index is 12.6. The number of hydrogen-bond acceptors (Lipinski definition) is 8. The number of ketones is 1. The predicted molar refractivity (Wildman–Crippen MR) is 90.5 cm³/mol. The number of rotatable bonds is 0. The molecule has 8 nitrogen and oxygen atoms in total. The lowest BCUT2D eigenvalue weighted by molar-refractivity contribution is -0.335. The van der Waals surface area contributed by atoms with Crippen molar-refractivity contribution >= 4 is 11.8 Å². The third-order valence-electron chi connectivity index (χ3n) is 8.92. The standard InChI is InChI=1S/C20H24O8/c1-8-3-10(21)14(23)17(2)9(8)4-12-18-6-27-20(25,15(17)18)16(24)19(7-26-19)11(18)5-13(22)28-12/h3,9,11-12,14-16,23-25H,4-7H2,1-2H3/t9-,11+,12+,14+,15+,16+,17+,18+,19+,20+/m0/s1. The van der Waals surface area contributed by atoms with Crippen molar-refractivity contribution in [2.75, 3.05) is 13.2 Å². The number of allylic oxidation sites excluding steroid dienone is 1. The summed E-state index contributed by atoms with van der Waals surface area (Å²) in [6, 6.07) is 0. The normalized spacial score (nSPS) is 61.4. The van der Waals surface area contributed by atoms with Crippen LogP contribution in [0.1, 0.15) is 26.7 Å². The van der Waals surface area contributed by atoms with Gasteiger partial charge in [0.1, 0.15) is 23.9 Å². The second-order valence-electron chi connectivity index (χ2n) is 9.81. The molecule has 2 bridgehead atoms. The van der Waals surface area contributed by atoms with Gasteiger partial charge >= 0.3 is 5.97 Å². The average molecular weight is 392 g/mol. The van der Waals surface area contributed by atoms with Crippen LogP contribution in [0.3, 0.4) is 0 Å². The van der Waals surface area contributed by atoms with Gasteiger partial charge in [-0.05, 0) is 25.3 Å². The number of carbonyl (C=O) groups excluding carboxylic acids is 2. The number of esters is 1. The Morgan fingerprint density at radius 3 is 2.57 bits per heavy atom. The smallest absolute Gasteiger partial charge is 0.306 e. The number of fused-ring (bicyclic) bond motifs is 2. The van der Waals surface area contributed by atoms with Crippen molar-refractivity contribution in [3.8, 4) is 0 Å². The molecule has 0 amide bonds. The first-order chi connectivity index (χ1) is 13.1. The molecule has 0 aromatic rings. The maximum Gasteiger partial charge on any atom is 0.306 e. The predicted octanol–water partition coefficient (Wildman–Crippen LogP) is -0.701. The van der Waals surface area contributed by atoms with Crippen LogP contribution in [0.5, 0.6) is 0 Å². The lowest BCUT2D eigenvalue weighted by Crippen LogP contribution is -2.78. The van der Waals surface area contributed by atoms with Crippen molar-refractivity contribution < 1.29 is 39.1 Å². The molecule has 3 aliphatic heterocycles. The molecule has 0 unspecified atom stereocenters. The van der Waals surface area contributed by atoms with Gasteiger partial charge in [-0.15, -0.1) is 0 Å². The highest BCUT2D eigenvalue weighted by Crippen LogP contribution is 2.76. The van der Waals surface area contributed by atoms with Crippen LogP contribution in [0.4, 0.5) is 0 Å². The van der Waals surface area contributed by atoms with Gasteiger partial charge in [-0.3, -0.25) is 9.59 Å². The summed E-state index contributed by atoms with van der Waals surface area (Å²) in [5, 5.41) is 33.8. The molecule has 28 heavy (non-hydrogen) atoms. The Labute approximate surface area is 161 Å². The number of epoxide rings is 1. The monoisotopic (exact) mass is 392 g/mol. The first-order valence-corrected chi connectivity index (χ1v) is 9.90. The average Bonchev–Trinajstić information content (AvgIpc) is 3.38. The molecule has 3 saturated heterocycles. The maximum atomic E-state index is 12.6. The quantitative estimate of drug-likeness (QED) is 0.365. The Morgan fingerprint density at radius 1 is 1.18 bits per heavy atom. The van der Waals surface area contributed by atoms with Crippen LogP contribution in [-0.2, 0) is 23.8 Å². The molecular formula is C20H24O8. The van der Waals surface area contributed by atoms with E-state index in [1.807, 2.05) is 6.92 Å². The zero-order valence-electron chi connectivity index (χ0n) is 15.8. The number of ether oxygens (including phenoxy) is 3. The number of aliphatic hydroxyl groups excluding tert-OH is 2. The van der Waals surface area contributed by atoms with Crippen LogP contribution in [0.25, 0.3) is 0 Å². The SMILES string of the molecule is CC1=CC(=O)[C@@H](O)[C@]2(C)[C@H]3[C@@]4(O)OC[C@@]35[C@@H](C[C@@H]12)OC(=O)C[C@H]5[C@]1(CO1)[C@H]4O. The molecule has 6 rings (SSSR count). The molecule has 0 aromatic heterocycles. The zero-order valence-corrected chi connectivity index (χ0v) is 15.8. The zero-order chi connectivity index (χ0) is 19.9. The van der Waals surface area contributed by atoms with Crippen LogP contribution < -0.4 is 0 Å². The van der Waals surface area contributed by atoms with Gasteiger partial charge in [0.2, 0.25) is 0 Å². The second-order valence-corrected chi connectivity index (χ2v) is 9.81. The van der Waals surface area contributed by atoms with E-state index in [1.165, 1.54) is 6.08 Å². The summed E-state index contributed by atoms with van der Waals surface area (Å²) in [5.74, 6) is -4.21. The minimum Gasteiger partial charge on any atom is -0.462 e. The van der Waals surface area contributed by atoms with Gasteiger partial charge in [0, 0.05) is 22.7 Å². The van der Waals surface area contributed by atoms with Crippen LogP contribution >= 0.6 is 0 Å². The van der Waals surface area contributed by atoms with Gasteiger partial charge in [-0.1, -0.05) is 12.5 Å².